The molecule has 6 aromatic rings. The third-order valence-corrected chi connectivity index (χ3v) is 6.92. The molecule has 0 atom stereocenters. The molecule has 0 bridgehead atoms. The van der Waals surface area contributed by atoms with Crippen LogP contribution in [0, 0.1) is 5.82 Å². The average molecular weight is 598 g/mol. The number of aromatic nitrogens is 2. The number of methoxy groups -OCH3 is 1. The summed E-state index contributed by atoms with van der Waals surface area (Å²) in [5.41, 5.74) is 1.89. The number of hydrogen-bond acceptors (Lipinski definition) is 7. The van der Waals surface area contributed by atoms with E-state index in [2.05, 4.69) is 5.10 Å². The second-order valence-corrected chi connectivity index (χ2v) is 9.89. The summed E-state index contributed by atoms with van der Waals surface area (Å²) in [6.45, 7) is 2.27. The summed E-state index contributed by atoms with van der Waals surface area (Å²) in [6.07, 6.45) is 1.48. The summed E-state index contributed by atoms with van der Waals surface area (Å²) < 4.78 is 38.1. The van der Waals surface area contributed by atoms with Gasteiger partial charge in [0.1, 0.15) is 23.8 Å². The van der Waals surface area contributed by atoms with E-state index < -0.39 is 0 Å². The molecule has 43 heavy (non-hydrogen) atoms. The molecule has 8 nitrogen and oxygen atoms in total. The van der Waals surface area contributed by atoms with Crippen LogP contribution in [0.15, 0.2) is 99.2 Å². The summed E-state index contributed by atoms with van der Waals surface area (Å²) in [6, 6.07) is 23.7. The van der Waals surface area contributed by atoms with Gasteiger partial charge in [-0.2, -0.15) is 9.78 Å². The van der Waals surface area contributed by atoms with E-state index in [1.54, 1.807) is 55.6 Å². The Kier molecular flexibility index (Phi) is 7.81. The highest BCUT2D eigenvalue weighted by atomic mass is 35.5. The fraction of sp³-hybridized carbons (Fsp3) is 0.121. The summed E-state index contributed by atoms with van der Waals surface area (Å²) in [7, 11) is 1.58. The first kappa shape index (κ1) is 28.0. The lowest BCUT2D eigenvalue weighted by atomic mass is 10.2. The third-order valence-electron chi connectivity index (χ3n) is 6.64. The molecular weight excluding hydrogens is 573 g/mol. The van der Waals surface area contributed by atoms with Gasteiger partial charge in [0.25, 0.3) is 5.56 Å². The van der Waals surface area contributed by atoms with Crippen molar-refractivity contribution in [1.82, 2.24) is 9.66 Å². The molecule has 6 rings (SSSR count). The van der Waals surface area contributed by atoms with Gasteiger partial charge < -0.3 is 18.6 Å². The molecule has 0 saturated carbocycles. The van der Waals surface area contributed by atoms with Gasteiger partial charge in [-0.3, -0.25) is 4.79 Å². The summed E-state index contributed by atoms with van der Waals surface area (Å²) in [4.78, 5) is 18.4. The molecule has 0 aliphatic rings. The van der Waals surface area contributed by atoms with Crippen LogP contribution in [0.25, 0.3) is 33.5 Å². The van der Waals surface area contributed by atoms with Gasteiger partial charge in [-0.15, -0.1) is 0 Å². The first-order valence-corrected chi connectivity index (χ1v) is 13.8. The topological polar surface area (TPSA) is 88.1 Å². The Bertz CT molecular complexity index is 2050. The number of ether oxygens (including phenoxy) is 3. The molecule has 0 aliphatic heterocycles. The Balaban J connectivity index is 1.41. The van der Waals surface area contributed by atoms with Crippen LogP contribution < -0.4 is 19.8 Å². The van der Waals surface area contributed by atoms with E-state index in [0.717, 1.165) is 5.39 Å². The molecule has 0 radical (unpaired) electrons. The maximum atomic E-state index is 13.7. The van der Waals surface area contributed by atoms with E-state index >= 15 is 0 Å². The average Bonchev–Trinajstić information content (AvgIpc) is 3.45. The molecule has 2 aromatic heterocycles. The normalized spacial score (nSPS) is 11.4. The Morgan fingerprint density at radius 1 is 0.977 bits per heavy atom. The van der Waals surface area contributed by atoms with E-state index in [0.29, 0.717) is 57.2 Å². The summed E-state index contributed by atoms with van der Waals surface area (Å²) in [5, 5.41) is 5.91. The van der Waals surface area contributed by atoms with Crippen LogP contribution in [0.4, 0.5) is 4.39 Å². The van der Waals surface area contributed by atoms with E-state index in [1.807, 2.05) is 31.2 Å². The Morgan fingerprint density at radius 2 is 1.81 bits per heavy atom. The largest absolute Gasteiger partial charge is 0.496 e. The molecule has 0 spiro atoms. The molecular formula is C33H25ClFN3O5. The SMILES string of the molecule is CCOc1cc(C=Nn2c(-c3cc4c(OC)cccc4o3)nc3ccccc3c2=O)cc(Cl)c1OCc1cccc(F)c1. The molecule has 4 aromatic carbocycles. The number of furan rings is 1. The smallest absolute Gasteiger partial charge is 0.282 e. The zero-order valence-corrected chi connectivity index (χ0v) is 24.0. The highest BCUT2D eigenvalue weighted by Gasteiger charge is 2.18. The molecule has 216 valence electrons. The quantitative estimate of drug-likeness (QED) is 0.161. The predicted octanol–water partition coefficient (Wildman–Crippen LogP) is 7.47. The predicted molar refractivity (Wildman–Crippen MR) is 164 cm³/mol. The van der Waals surface area contributed by atoms with Crippen LogP contribution in [0.3, 0.4) is 0 Å². The molecule has 10 heteroatoms. The van der Waals surface area contributed by atoms with Gasteiger partial charge in [-0.05, 0) is 72.6 Å². The molecule has 0 aliphatic carbocycles. The summed E-state index contributed by atoms with van der Waals surface area (Å²) >= 11 is 6.61. The van der Waals surface area contributed by atoms with E-state index in [1.165, 1.54) is 23.0 Å². The van der Waals surface area contributed by atoms with Crippen LogP contribution in [0.1, 0.15) is 18.1 Å². The van der Waals surface area contributed by atoms with Crippen LogP contribution in [-0.2, 0) is 6.61 Å². The Morgan fingerprint density at radius 3 is 2.63 bits per heavy atom. The minimum atomic E-state index is -0.379. The highest BCUT2D eigenvalue weighted by Crippen LogP contribution is 2.37. The molecule has 0 saturated heterocycles. The van der Waals surface area contributed by atoms with Gasteiger partial charge in [-0.25, -0.2) is 9.37 Å². The van der Waals surface area contributed by atoms with Gasteiger partial charge >= 0.3 is 0 Å². The minimum absolute atomic E-state index is 0.0921. The maximum Gasteiger partial charge on any atom is 0.282 e. The number of benzene rings is 4. The molecule has 0 N–H and O–H groups in total. The van der Waals surface area contributed by atoms with Crippen molar-refractivity contribution in [3.05, 3.63) is 117 Å². The van der Waals surface area contributed by atoms with Gasteiger partial charge in [0, 0.05) is 0 Å². The minimum Gasteiger partial charge on any atom is -0.496 e. The Labute approximate surface area is 250 Å². The van der Waals surface area contributed by atoms with Crippen LogP contribution in [0.5, 0.6) is 17.2 Å². The zero-order valence-electron chi connectivity index (χ0n) is 23.2. The monoisotopic (exact) mass is 597 g/mol. The second-order valence-electron chi connectivity index (χ2n) is 9.48. The lowest BCUT2D eigenvalue weighted by molar-refractivity contribution is 0.269. The second kappa shape index (κ2) is 12.0. The third kappa shape index (κ3) is 5.67. The summed E-state index contributed by atoms with van der Waals surface area (Å²) in [5.74, 6) is 1.51. The van der Waals surface area contributed by atoms with Crippen molar-refractivity contribution in [2.24, 2.45) is 5.10 Å². The van der Waals surface area contributed by atoms with Crippen molar-refractivity contribution < 1.29 is 23.0 Å². The van der Waals surface area contributed by atoms with Crippen LogP contribution in [0.2, 0.25) is 5.02 Å². The van der Waals surface area contributed by atoms with Crippen molar-refractivity contribution in [2.75, 3.05) is 13.7 Å². The first-order valence-electron chi connectivity index (χ1n) is 13.4. The lowest BCUT2D eigenvalue weighted by Gasteiger charge is -2.14. The number of rotatable bonds is 9. The van der Waals surface area contributed by atoms with E-state index in [-0.39, 0.29) is 28.8 Å². The molecule has 0 unspecified atom stereocenters. The number of hydrogen-bond donors (Lipinski definition) is 0. The van der Waals surface area contributed by atoms with E-state index in [9.17, 15) is 9.18 Å². The fourth-order valence-electron chi connectivity index (χ4n) is 4.68. The van der Waals surface area contributed by atoms with Crippen LogP contribution >= 0.6 is 11.6 Å². The number of nitrogens with zero attached hydrogens (tertiary/aromatic N) is 3. The van der Waals surface area contributed by atoms with E-state index in [4.69, 9.17) is 35.2 Å². The van der Waals surface area contributed by atoms with Crippen molar-refractivity contribution in [3.63, 3.8) is 0 Å². The molecule has 0 amide bonds. The maximum absolute atomic E-state index is 13.7. The fourth-order valence-corrected chi connectivity index (χ4v) is 4.96. The van der Waals surface area contributed by atoms with Crippen LogP contribution in [-0.4, -0.2) is 29.6 Å². The Hall–Kier alpha value is -5.15. The van der Waals surface area contributed by atoms with Gasteiger partial charge in [0.2, 0.25) is 5.82 Å². The standard InChI is InChI=1S/C33H25ClFN3O5/c1-3-41-29-16-21(15-25(34)31(29)42-19-20-8-6-9-22(35)14-20)18-36-38-32(37-26-11-5-4-10-23(26)33(38)39)30-17-24-27(40-2)12-7-13-28(24)43-30/h4-18H,3,19H2,1-2H3. The zero-order chi connectivity index (χ0) is 29.9. The number of fused-ring (bicyclic) bond motifs is 2. The van der Waals surface area contributed by atoms with Crippen molar-refractivity contribution in [1.29, 1.82) is 0 Å². The molecule has 0 fully saturated rings. The number of halogens is 2. The highest BCUT2D eigenvalue weighted by molar-refractivity contribution is 6.32. The van der Waals surface area contributed by atoms with Crippen molar-refractivity contribution >= 4 is 39.7 Å². The van der Waals surface area contributed by atoms with Crippen molar-refractivity contribution in [2.45, 2.75) is 13.5 Å². The first-order chi connectivity index (χ1) is 20.9. The lowest BCUT2D eigenvalue weighted by Crippen LogP contribution is -2.20. The van der Waals surface area contributed by atoms with Gasteiger partial charge in [-0.1, -0.05) is 41.9 Å². The van der Waals surface area contributed by atoms with Crippen molar-refractivity contribution in [3.8, 4) is 28.8 Å². The molecule has 2 heterocycles. The van der Waals surface area contributed by atoms with Gasteiger partial charge in [0.05, 0.1) is 41.2 Å². The number of para-hydroxylation sites is 1. The van der Waals surface area contributed by atoms with Gasteiger partial charge in [0.15, 0.2) is 17.3 Å².